The number of nitrogens with zero attached hydrogens (tertiary/aromatic N) is 1. The van der Waals surface area contributed by atoms with E-state index in [1.807, 2.05) is 27.7 Å². The second-order valence-corrected chi connectivity index (χ2v) is 5.60. The fourth-order valence-corrected chi connectivity index (χ4v) is 2.08. The van der Waals surface area contributed by atoms with Gasteiger partial charge in [-0.2, -0.15) is 0 Å². The molecule has 0 bridgehead atoms. The quantitative estimate of drug-likeness (QED) is 0.638. The number of amides is 1. The zero-order chi connectivity index (χ0) is 13.8. The molecular weight excluding hydrogens is 230 g/mol. The Bertz CT molecular complexity index is 279. The Hall–Kier alpha value is -0.650. The summed E-state index contributed by atoms with van der Waals surface area (Å²) in [5.41, 5.74) is -0.762. The van der Waals surface area contributed by atoms with Gasteiger partial charge in [0.25, 0.3) is 0 Å². The van der Waals surface area contributed by atoms with Crippen molar-refractivity contribution in [2.75, 3.05) is 32.7 Å². The van der Waals surface area contributed by atoms with E-state index in [0.29, 0.717) is 19.6 Å². The summed E-state index contributed by atoms with van der Waals surface area (Å²) < 4.78 is 0. The van der Waals surface area contributed by atoms with Crippen LogP contribution in [0.5, 0.6) is 0 Å². The van der Waals surface area contributed by atoms with Crippen molar-refractivity contribution in [3.8, 4) is 0 Å². The molecule has 18 heavy (non-hydrogen) atoms. The molecule has 0 aromatic carbocycles. The number of piperazine rings is 1. The molecule has 106 valence electrons. The van der Waals surface area contributed by atoms with Crippen molar-refractivity contribution in [1.82, 2.24) is 15.5 Å². The first-order valence-corrected chi connectivity index (χ1v) is 6.83. The van der Waals surface area contributed by atoms with Gasteiger partial charge in [-0.05, 0) is 19.8 Å². The summed E-state index contributed by atoms with van der Waals surface area (Å²) in [7, 11) is 0. The van der Waals surface area contributed by atoms with Gasteiger partial charge >= 0.3 is 0 Å². The van der Waals surface area contributed by atoms with Crippen LogP contribution in [-0.4, -0.2) is 60.3 Å². The predicted molar refractivity (Wildman–Crippen MR) is 72.4 cm³/mol. The Morgan fingerprint density at radius 2 is 2.28 bits per heavy atom. The number of β-amino-alcohol motifs (C(OH)–C–C–N with tert-alkyl or cyclic N) is 1. The third kappa shape index (κ3) is 3.93. The number of rotatable bonds is 5. The van der Waals surface area contributed by atoms with Crippen molar-refractivity contribution >= 4 is 5.91 Å². The minimum absolute atomic E-state index is 0.0456. The van der Waals surface area contributed by atoms with Gasteiger partial charge in [0.2, 0.25) is 5.91 Å². The Morgan fingerprint density at radius 1 is 1.61 bits per heavy atom. The summed E-state index contributed by atoms with van der Waals surface area (Å²) in [6.07, 6.45) is 0. The third-order valence-corrected chi connectivity index (χ3v) is 3.77. The summed E-state index contributed by atoms with van der Waals surface area (Å²) in [6.45, 7) is 11.3. The highest BCUT2D eigenvalue weighted by Gasteiger charge is 2.34. The van der Waals surface area contributed by atoms with E-state index in [1.165, 1.54) is 0 Å². The van der Waals surface area contributed by atoms with Crippen LogP contribution in [-0.2, 0) is 4.79 Å². The topological polar surface area (TPSA) is 64.6 Å². The lowest BCUT2D eigenvalue weighted by Crippen LogP contribution is -2.61. The van der Waals surface area contributed by atoms with Crippen LogP contribution in [0.25, 0.3) is 0 Å². The lowest BCUT2D eigenvalue weighted by Gasteiger charge is -2.40. The van der Waals surface area contributed by atoms with Gasteiger partial charge in [0.1, 0.15) is 6.04 Å². The van der Waals surface area contributed by atoms with Crippen LogP contribution >= 0.6 is 0 Å². The Balaban J connectivity index is 2.68. The number of carbonyl (C=O) groups excluding carboxylic acids is 1. The number of hydrogen-bond donors (Lipinski definition) is 3. The zero-order valence-electron chi connectivity index (χ0n) is 12.0. The molecule has 1 amide bonds. The number of carbonyl (C=O) groups is 1. The second kappa shape index (κ2) is 6.50. The molecule has 0 aliphatic carbocycles. The van der Waals surface area contributed by atoms with Gasteiger partial charge in [0, 0.05) is 32.7 Å². The number of hydrogen-bond acceptors (Lipinski definition) is 4. The van der Waals surface area contributed by atoms with E-state index in [2.05, 4.69) is 15.5 Å². The highest BCUT2D eigenvalue weighted by Crippen LogP contribution is 2.19. The summed E-state index contributed by atoms with van der Waals surface area (Å²) >= 11 is 0. The SMILES string of the molecule is CCNC(=O)C1CNCCN1CC(C)(O)C(C)C. The monoisotopic (exact) mass is 257 g/mol. The molecule has 1 fully saturated rings. The van der Waals surface area contributed by atoms with E-state index in [9.17, 15) is 9.90 Å². The highest BCUT2D eigenvalue weighted by molar-refractivity contribution is 5.82. The van der Waals surface area contributed by atoms with Crippen LogP contribution in [0, 0.1) is 5.92 Å². The summed E-state index contributed by atoms with van der Waals surface area (Å²) in [4.78, 5) is 14.1. The van der Waals surface area contributed by atoms with Crippen molar-refractivity contribution in [3.05, 3.63) is 0 Å². The lowest BCUT2D eigenvalue weighted by molar-refractivity contribution is -0.129. The first-order chi connectivity index (χ1) is 8.38. The van der Waals surface area contributed by atoms with E-state index < -0.39 is 5.60 Å². The van der Waals surface area contributed by atoms with E-state index in [-0.39, 0.29) is 17.9 Å². The van der Waals surface area contributed by atoms with Gasteiger partial charge in [-0.1, -0.05) is 13.8 Å². The number of nitrogens with one attached hydrogen (secondary N) is 2. The van der Waals surface area contributed by atoms with Crippen LogP contribution in [0.3, 0.4) is 0 Å². The maximum absolute atomic E-state index is 12.0. The third-order valence-electron chi connectivity index (χ3n) is 3.77. The van der Waals surface area contributed by atoms with Gasteiger partial charge in [0.05, 0.1) is 5.60 Å². The van der Waals surface area contributed by atoms with Crippen molar-refractivity contribution in [2.24, 2.45) is 5.92 Å². The van der Waals surface area contributed by atoms with Crippen molar-refractivity contribution in [1.29, 1.82) is 0 Å². The largest absolute Gasteiger partial charge is 0.389 e. The van der Waals surface area contributed by atoms with Crippen LogP contribution in [0.2, 0.25) is 0 Å². The molecule has 0 radical (unpaired) electrons. The molecule has 0 aromatic rings. The minimum atomic E-state index is -0.762. The predicted octanol–water partition coefficient (Wildman–Crippen LogP) is -0.197. The second-order valence-electron chi connectivity index (χ2n) is 5.60. The van der Waals surface area contributed by atoms with Gasteiger partial charge in [-0.25, -0.2) is 0 Å². The summed E-state index contributed by atoms with van der Waals surface area (Å²) in [6, 6.07) is -0.177. The Kier molecular flexibility index (Phi) is 5.56. The van der Waals surface area contributed by atoms with Crippen LogP contribution in [0.15, 0.2) is 0 Å². The van der Waals surface area contributed by atoms with E-state index in [1.54, 1.807) is 0 Å². The summed E-state index contributed by atoms with van der Waals surface area (Å²) in [5.74, 6) is 0.214. The minimum Gasteiger partial charge on any atom is -0.389 e. The molecule has 1 rings (SSSR count). The zero-order valence-corrected chi connectivity index (χ0v) is 12.0. The number of aliphatic hydroxyl groups is 1. The van der Waals surface area contributed by atoms with Crippen LogP contribution in [0.1, 0.15) is 27.7 Å². The average molecular weight is 257 g/mol. The molecule has 0 spiro atoms. The molecule has 2 unspecified atom stereocenters. The fraction of sp³-hybridized carbons (Fsp3) is 0.923. The maximum Gasteiger partial charge on any atom is 0.238 e. The number of likely N-dealkylation sites (N-methyl/N-ethyl adjacent to an activating group) is 1. The fourth-order valence-electron chi connectivity index (χ4n) is 2.08. The molecule has 2 atom stereocenters. The van der Waals surface area contributed by atoms with Crippen molar-refractivity contribution in [3.63, 3.8) is 0 Å². The molecule has 1 aliphatic heterocycles. The molecule has 1 saturated heterocycles. The molecule has 5 nitrogen and oxygen atoms in total. The van der Waals surface area contributed by atoms with Gasteiger partial charge in [-0.3, -0.25) is 9.69 Å². The summed E-state index contributed by atoms with van der Waals surface area (Å²) in [5, 5.41) is 16.5. The normalized spacial score (nSPS) is 24.9. The molecule has 0 aromatic heterocycles. The molecule has 1 aliphatic rings. The first-order valence-electron chi connectivity index (χ1n) is 6.83. The molecule has 0 saturated carbocycles. The molecular formula is C13H27N3O2. The maximum atomic E-state index is 12.0. The Morgan fingerprint density at radius 3 is 2.83 bits per heavy atom. The van der Waals surface area contributed by atoms with Gasteiger partial charge in [0.15, 0.2) is 0 Å². The average Bonchev–Trinajstić information content (AvgIpc) is 2.29. The lowest BCUT2D eigenvalue weighted by atomic mass is 9.91. The van der Waals surface area contributed by atoms with Gasteiger partial charge in [-0.15, -0.1) is 0 Å². The first kappa shape index (κ1) is 15.4. The van der Waals surface area contributed by atoms with E-state index in [4.69, 9.17) is 0 Å². The Labute approximate surface area is 110 Å². The van der Waals surface area contributed by atoms with Crippen LogP contribution in [0.4, 0.5) is 0 Å². The van der Waals surface area contributed by atoms with Crippen molar-refractivity contribution in [2.45, 2.75) is 39.3 Å². The molecule has 5 heteroatoms. The molecule has 3 N–H and O–H groups in total. The smallest absolute Gasteiger partial charge is 0.238 e. The van der Waals surface area contributed by atoms with Crippen molar-refractivity contribution < 1.29 is 9.90 Å². The van der Waals surface area contributed by atoms with E-state index in [0.717, 1.165) is 13.1 Å². The molecule has 1 heterocycles. The highest BCUT2D eigenvalue weighted by atomic mass is 16.3. The van der Waals surface area contributed by atoms with Crippen LogP contribution < -0.4 is 10.6 Å². The standard InChI is InChI=1S/C13H27N3O2/c1-5-15-12(17)11-8-14-6-7-16(11)9-13(4,18)10(2)3/h10-11,14,18H,5-9H2,1-4H3,(H,15,17). The van der Waals surface area contributed by atoms with Gasteiger partial charge < -0.3 is 15.7 Å². The van der Waals surface area contributed by atoms with E-state index >= 15 is 0 Å².